The molecule has 0 fully saturated rings. The van der Waals surface area contributed by atoms with Gasteiger partial charge in [-0.15, -0.1) is 11.3 Å². The van der Waals surface area contributed by atoms with Crippen LogP contribution in [0.2, 0.25) is 0 Å². The highest BCUT2D eigenvalue weighted by molar-refractivity contribution is 7.13. The zero-order valence-electron chi connectivity index (χ0n) is 12.3. The summed E-state index contributed by atoms with van der Waals surface area (Å²) in [4.78, 5) is 26.6. The quantitative estimate of drug-likeness (QED) is 0.544. The Bertz CT molecular complexity index is 913. The molecule has 116 valence electrons. The number of rotatable bonds is 4. The van der Waals surface area contributed by atoms with Crippen LogP contribution in [0.15, 0.2) is 52.8 Å². The molecule has 0 amide bonds. The molecule has 3 rings (SSSR count). The molecule has 0 N–H and O–H groups in total. The van der Waals surface area contributed by atoms with Crippen molar-refractivity contribution in [3.8, 4) is 10.6 Å². The molecular formula is C16H13N3O3S. The second-order valence-electron chi connectivity index (χ2n) is 5.12. The summed E-state index contributed by atoms with van der Waals surface area (Å²) in [6, 6.07) is 10.4. The minimum Gasteiger partial charge on any atom is -0.303 e. The van der Waals surface area contributed by atoms with E-state index in [-0.39, 0.29) is 17.8 Å². The van der Waals surface area contributed by atoms with Crippen LogP contribution in [-0.2, 0) is 6.54 Å². The van der Waals surface area contributed by atoms with Crippen molar-refractivity contribution in [3.05, 3.63) is 79.7 Å². The summed E-state index contributed by atoms with van der Waals surface area (Å²) >= 11 is 1.48. The zero-order chi connectivity index (χ0) is 16.4. The summed E-state index contributed by atoms with van der Waals surface area (Å²) in [7, 11) is 0. The van der Waals surface area contributed by atoms with Crippen LogP contribution < -0.4 is 5.56 Å². The minimum absolute atomic E-state index is 0.112. The molecule has 3 aromatic rings. The molecule has 0 spiro atoms. The first-order valence-electron chi connectivity index (χ1n) is 6.89. The molecule has 2 aromatic heterocycles. The maximum absolute atomic E-state index is 11.8. The monoisotopic (exact) mass is 327 g/mol. The van der Waals surface area contributed by atoms with E-state index < -0.39 is 4.92 Å². The standard InChI is InChI=1S/C16H13N3O3S/c1-11-2-4-12(5-3-11)16-17-13(10-23-16)8-18-9-14(19(21)22)6-7-15(18)20/h2-7,9-10H,8H2,1H3. The third-order valence-corrected chi connectivity index (χ3v) is 4.30. The van der Waals surface area contributed by atoms with Gasteiger partial charge in [0.25, 0.3) is 11.2 Å². The number of hydrogen-bond donors (Lipinski definition) is 0. The Kier molecular flexibility index (Phi) is 4.03. The largest absolute Gasteiger partial charge is 0.303 e. The van der Waals surface area contributed by atoms with E-state index >= 15 is 0 Å². The van der Waals surface area contributed by atoms with Gasteiger partial charge in [-0.25, -0.2) is 4.98 Å². The van der Waals surface area contributed by atoms with Crippen LogP contribution >= 0.6 is 11.3 Å². The fourth-order valence-electron chi connectivity index (χ4n) is 2.13. The molecule has 23 heavy (non-hydrogen) atoms. The third-order valence-electron chi connectivity index (χ3n) is 3.36. The highest BCUT2D eigenvalue weighted by Crippen LogP contribution is 2.24. The van der Waals surface area contributed by atoms with E-state index in [9.17, 15) is 14.9 Å². The van der Waals surface area contributed by atoms with Crippen LogP contribution in [0.3, 0.4) is 0 Å². The first-order chi connectivity index (χ1) is 11.0. The smallest absolute Gasteiger partial charge is 0.285 e. The molecule has 2 heterocycles. The molecule has 0 saturated carbocycles. The van der Waals surface area contributed by atoms with Gasteiger partial charge in [0.2, 0.25) is 0 Å². The van der Waals surface area contributed by atoms with Crippen molar-refractivity contribution in [2.24, 2.45) is 0 Å². The first kappa shape index (κ1) is 15.1. The summed E-state index contributed by atoms with van der Waals surface area (Å²) in [6.45, 7) is 2.23. The van der Waals surface area contributed by atoms with Gasteiger partial charge in [-0.05, 0) is 6.92 Å². The molecule has 0 aliphatic carbocycles. The number of aromatic nitrogens is 2. The number of thiazole rings is 1. The van der Waals surface area contributed by atoms with E-state index in [1.54, 1.807) is 0 Å². The molecule has 0 bridgehead atoms. The molecule has 0 aliphatic heterocycles. The van der Waals surface area contributed by atoms with Crippen LogP contribution in [0.5, 0.6) is 0 Å². The number of benzene rings is 1. The lowest BCUT2D eigenvalue weighted by molar-refractivity contribution is -0.385. The van der Waals surface area contributed by atoms with Gasteiger partial charge < -0.3 is 4.57 Å². The Morgan fingerprint density at radius 1 is 1.22 bits per heavy atom. The molecule has 0 radical (unpaired) electrons. The summed E-state index contributed by atoms with van der Waals surface area (Å²) in [5.74, 6) is 0. The van der Waals surface area contributed by atoms with Crippen molar-refractivity contribution in [1.29, 1.82) is 0 Å². The van der Waals surface area contributed by atoms with Crippen LogP contribution in [0, 0.1) is 17.0 Å². The summed E-state index contributed by atoms with van der Waals surface area (Å²) in [5, 5.41) is 13.5. The molecule has 0 unspecified atom stereocenters. The fourth-order valence-corrected chi connectivity index (χ4v) is 2.95. The lowest BCUT2D eigenvalue weighted by Gasteiger charge is -2.02. The highest BCUT2D eigenvalue weighted by Gasteiger charge is 2.10. The van der Waals surface area contributed by atoms with Gasteiger partial charge in [-0.1, -0.05) is 29.8 Å². The van der Waals surface area contributed by atoms with E-state index in [2.05, 4.69) is 4.98 Å². The molecular weight excluding hydrogens is 314 g/mol. The average molecular weight is 327 g/mol. The predicted molar refractivity (Wildman–Crippen MR) is 88.7 cm³/mol. The van der Waals surface area contributed by atoms with Crippen LogP contribution in [0.4, 0.5) is 5.69 Å². The fraction of sp³-hybridized carbons (Fsp3) is 0.125. The molecule has 7 heteroatoms. The number of hydrogen-bond acceptors (Lipinski definition) is 5. The molecule has 6 nitrogen and oxygen atoms in total. The van der Waals surface area contributed by atoms with E-state index in [1.807, 2.05) is 36.6 Å². The van der Waals surface area contributed by atoms with Crippen molar-refractivity contribution in [2.45, 2.75) is 13.5 Å². The van der Waals surface area contributed by atoms with Gasteiger partial charge in [0.05, 0.1) is 23.4 Å². The van der Waals surface area contributed by atoms with Crippen molar-refractivity contribution < 1.29 is 4.92 Å². The third kappa shape index (κ3) is 3.35. The predicted octanol–water partition coefficient (Wildman–Crippen LogP) is 3.24. The Hall–Kier alpha value is -2.80. The number of aryl methyl sites for hydroxylation is 1. The SMILES string of the molecule is Cc1ccc(-c2nc(Cn3cc([N+](=O)[O-])ccc3=O)cs2)cc1. The number of nitro groups is 1. The van der Waals surface area contributed by atoms with Crippen LogP contribution in [-0.4, -0.2) is 14.5 Å². The van der Waals surface area contributed by atoms with E-state index in [1.165, 1.54) is 39.8 Å². The van der Waals surface area contributed by atoms with Crippen LogP contribution in [0.1, 0.15) is 11.3 Å². The normalized spacial score (nSPS) is 10.7. The molecule has 0 aliphatic rings. The van der Waals surface area contributed by atoms with Crippen molar-refractivity contribution >= 4 is 17.0 Å². The first-order valence-corrected chi connectivity index (χ1v) is 7.77. The molecule has 1 aromatic carbocycles. The van der Waals surface area contributed by atoms with Gasteiger partial charge >= 0.3 is 0 Å². The lowest BCUT2D eigenvalue weighted by Crippen LogP contribution is -2.19. The highest BCUT2D eigenvalue weighted by atomic mass is 32.1. The van der Waals surface area contributed by atoms with Gasteiger partial charge in [0.1, 0.15) is 5.01 Å². The van der Waals surface area contributed by atoms with Crippen molar-refractivity contribution in [3.63, 3.8) is 0 Å². The summed E-state index contributed by atoms with van der Waals surface area (Å²) in [6.07, 6.45) is 1.24. The second kappa shape index (κ2) is 6.13. The zero-order valence-corrected chi connectivity index (χ0v) is 13.1. The van der Waals surface area contributed by atoms with E-state index in [0.717, 1.165) is 10.6 Å². The Morgan fingerprint density at radius 2 is 1.96 bits per heavy atom. The van der Waals surface area contributed by atoms with Gasteiger partial charge in [-0.3, -0.25) is 14.9 Å². The van der Waals surface area contributed by atoms with E-state index in [0.29, 0.717) is 5.69 Å². The second-order valence-corrected chi connectivity index (χ2v) is 5.98. The number of pyridine rings is 1. The van der Waals surface area contributed by atoms with Crippen LogP contribution in [0.25, 0.3) is 10.6 Å². The minimum atomic E-state index is -0.519. The molecule has 0 atom stereocenters. The number of nitrogens with zero attached hydrogens (tertiary/aromatic N) is 3. The van der Waals surface area contributed by atoms with Crippen molar-refractivity contribution in [2.75, 3.05) is 0 Å². The van der Waals surface area contributed by atoms with Gasteiger partial charge in [0, 0.05) is 23.1 Å². The Balaban J connectivity index is 1.87. The topological polar surface area (TPSA) is 78.0 Å². The van der Waals surface area contributed by atoms with E-state index in [4.69, 9.17) is 0 Å². The maximum atomic E-state index is 11.8. The van der Waals surface area contributed by atoms with Crippen molar-refractivity contribution in [1.82, 2.24) is 9.55 Å². The maximum Gasteiger partial charge on any atom is 0.285 e. The van der Waals surface area contributed by atoms with Gasteiger partial charge in [-0.2, -0.15) is 0 Å². The Labute approximate surface area is 135 Å². The molecule has 0 saturated heterocycles. The Morgan fingerprint density at radius 3 is 2.65 bits per heavy atom. The summed E-state index contributed by atoms with van der Waals surface area (Å²) in [5.41, 5.74) is 2.49. The summed E-state index contributed by atoms with van der Waals surface area (Å²) < 4.78 is 1.30. The lowest BCUT2D eigenvalue weighted by atomic mass is 10.2. The van der Waals surface area contributed by atoms with Gasteiger partial charge in [0.15, 0.2) is 0 Å². The average Bonchev–Trinajstić information content (AvgIpc) is 2.98.